The van der Waals surface area contributed by atoms with Crippen molar-refractivity contribution in [3.8, 4) is 0 Å². The lowest BCUT2D eigenvalue weighted by atomic mass is 9.96. The van der Waals surface area contributed by atoms with Gasteiger partial charge in [0.05, 0.1) is 11.6 Å². The predicted molar refractivity (Wildman–Crippen MR) is 112 cm³/mol. The van der Waals surface area contributed by atoms with Crippen LogP contribution in [0.5, 0.6) is 0 Å². The normalized spacial score (nSPS) is 18.1. The summed E-state index contributed by atoms with van der Waals surface area (Å²) >= 11 is 0. The second-order valence-electron chi connectivity index (χ2n) is 7.37. The number of rotatable bonds is 4. The molecule has 1 aliphatic heterocycles. The summed E-state index contributed by atoms with van der Waals surface area (Å²) in [5.41, 5.74) is 4.29. The number of carbonyl (C=O) groups is 2. The number of carbonyl (C=O) groups excluding carboxylic acids is 2. The Kier molecular flexibility index (Phi) is 5.14. The van der Waals surface area contributed by atoms with E-state index in [1.807, 2.05) is 32.0 Å². The molecule has 3 heterocycles. The number of Topliss-reactive ketones (excluding diaryl/α,β-unsaturated/α-hetero) is 1. The number of hydrogen-bond acceptors (Lipinski definition) is 5. The summed E-state index contributed by atoms with van der Waals surface area (Å²) in [6, 6.07) is 12.0. The zero-order valence-electron chi connectivity index (χ0n) is 16.7. The van der Waals surface area contributed by atoms with Crippen molar-refractivity contribution in [2.24, 2.45) is 0 Å². The smallest absolute Gasteiger partial charge is 0.295 e. The lowest BCUT2D eigenvalue weighted by Crippen LogP contribution is -2.29. The van der Waals surface area contributed by atoms with Gasteiger partial charge in [0, 0.05) is 36.9 Å². The van der Waals surface area contributed by atoms with Gasteiger partial charge in [-0.1, -0.05) is 23.8 Å². The number of aryl methyl sites for hydroxylation is 2. The Bertz CT molecular complexity index is 1140. The van der Waals surface area contributed by atoms with Crippen LogP contribution in [0.15, 0.2) is 72.8 Å². The zero-order chi connectivity index (χ0) is 21.3. The van der Waals surface area contributed by atoms with E-state index in [1.54, 1.807) is 36.7 Å². The molecule has 1 N–H and O–H groups in total. The van der Waals surface area contributed by atoms with Crippen LogP contribution in [0.2, 0.25) is 0 Å². The molecule has 150 valence electrons. The van der Waals surface area contributed by atoms with Gasteiger partial charge in [0.25, 0.3) is 11.7 Å². The van der Waals surface area contributed by atoms with Crippen LogP contribution >= 0.6 is 0 Å². The number of aliphatic hydroxyl groups excluding tert-OH is 1. The first-order valence-electron chi connectivity index (χ1n) is 9.62. The minimum absolute atomic E-state index is 0.0720. The maximum absolute atomic E-state index is 13.0. The number of nitrogens with zero attached hydrogens (tertiary/aromatic N) is 3. The van der Waals surface area contributed by atoms with E-state index < -0.39 is 17.7 Å². The second-order valence-corrected chi connectivity index (χ2v) is 7.37. The second kappa shape index (κ2) is 7.91. The Balaban J connectivity index is 1.86. The molecule has 1 saturated heterocycles. The van der Waals surface area contributed by atoms with Crippen LogP contribution in [0.4, 0.5) is 0 Å². The van der Waals surface area contributed by atoms with Crippen LogP contribution in [0, 0.1) is 13.8 Å². The molecular weight excluding hydrogens is 378 g/mol. The topological polar surface area (TPSA) is 83.4 Å². The van der Waals surface area contributed by atoms with Gasteiger partial charge in [-0.3, -0.25) is 19.6 Å². The van der Waals surface area contributed by atoms with Gasteiger partial charge in [0.15, 0.2) is 0 Å². The summed E-state index contributed by atoms with van der Waals surface area (Å²) in [7, 11) is 0. The maximum atomic E-state index is 13.0. The molecule has 3 aromatic rings. The molecule has 1 fully saturated rings. The first kappa shape index (κ1) is 19.5. The van der Waals surface area contributed by atoms with Gasteiger partial charge in [-0.2, -0.15) is 0 Å². The average molecular weight is 399 g/mol. The van der Waals surface area contributed by atoms with Gasteiger partial charge in [0.2, 0.25) is 0 Å². The Morgan fingerprint density at radius 2 is 1.60 bits per heavy atom. The van der Waals surface area contributed by atoms with E-state index in [1.165, 1.54) is 17.3 Å². The molecule has 1 aromatic carbocycles. The van der Waals surface area contributed by atoms with E-state index >= 15 is 0 Å². The summed E-state index contributed by atoms with van der Waals surface area (Å²) in [5, 5.41) is 11.0. The van der Waals surface area contributed by atoms with Crippen molar-refractivity contribution in [1.29, 1.82) is 0 Å². The van der Waals surface area contributed by atoms with Crippen molar-refractivity contribution >= 4 is 17.4 Å². The third-order valence-corrected chi connectivity index (χ3v) is 5.36. The highest BCUT2D eigenvalue weighted by Gasteiger charge is 2.46. The molecule has 30 heavy (non-hydrogen) atoms. The largest absolute Gasteiger partial charge is 0.507 e. The first-order chi connectivity index (χ1) is 14.5. The van der Waals surface area contributed by atoms with E-state index in [4.69, 9.17) is 0 Å². The molecule has 0 spiro atoms. The minimum atomic E-state index is -0.707. The predicted octanol–water partition coefficient (Wildman–Crippen LogP) is 3.72. The SMILES string of the molecule is Cc1ccc(C)c(CN2C(=O)C(=O)/C(=C(/O)c3ccncc3)C2c2ccncc2)c1. The Labute approximate surface area is 174 Å². The Morgan fingerprint density at radius 1 is 0.967 bits per heavy atom. The molecule has 0 saturated carbocycles. The van der Waals surface area contributed by atoms with E-state index in [2.05, 4.69) is 9.97 Å². The fourth-order valence-electron chi connectivity index (χ4n) is 3.75. The van der Waals surface area contributed by atoms with Crippen molar-refractivity contribution < 1.29 is 14.7 Å². The zero-order valence-corrected chi connectivity index (χ0v) is 16.7. The van der Waals surface area contributed by atoms with Gasteiger partial charge >= 0.3 is 0 Å². The molecule has 0 radical (unpaired) electrons. The molecular formula is C24H21N3O3. The van der Waals surface area contributed by atoms with Gasteiger partial charge in [-0.05, 0) is 54.8 Å². The van der Waals surface area contributed by atoms with Crippen molar-refractivity contribution in [3.05, 3.63) is 101 Å². The number of aromatic nitrogens is 2. The van der Waals surface area contributed by atoms with Gasteiger partial charge in [0.1, 0.15) is 5.76 Å². The van der Waals surface area contributed by atoms with Crippen molar-refractivity contribution in [3.63, 3.8) is 0 Å². The summed E-state index contributed by atoms with van der Waals surface area (Å²) < 4.78 is 0. The van der Waals surface area contributed by atoms with E-state index in [0.717, 1.165) is 16.7 Å². The minimum Gasteiger partial charge on any atom is -0.507 e. The molecule has 0 aliphatic carbocycles. The molecule has 1 amide bonds. The highest BCUT2D eigenvalue weighted by atomic mass is 16.3. The molecule has 1 atom stereocenters. The van der Waals surface area contributed by atoms with Crippen LogP contribution in [0.1, 0.15) is 33.9 Å². The third kappa shape index (κ3) is 3.48. The molecule has 6 heteroatoms. The van der Waals surface area contributed by atoms with Crippen molar-refractivity contribution in [1.82, 2.24) is 14.9 Å². The summed E-state index contributed by atoms with van der Waals surface area (Å²) in [5.74, 6) is -1.54. The number of benzene rings is 1. The third-order valence-electron chi connectivity index (χ3n) is 5.36. The number of likely N-dealkylation sites (tertiary alicyclic amines) is 1. The number of pyridine rings is 2. The van der Waals surface area contributed by atoms with Crippen LogP contribution in [-0.2, 0) is 16.1 Å². The summed E-state index contributed by atoms with van der Waals surface area (Å²) in [6.07, 6.45) is 6.28. The maximum Gasteiger partial charge on any atom is 0.295 e. The average Bonchev–Trinajstić information content (AvgIpc) is 3.02. The van der Waals surface area contributed by atoms with Crippen LogP contribution < -0.4 is 0 Å². The highest BCUT2D eigenvalue weighted by Crippen LogP contribution is 2.40. The fraction of sp³-hybridized carbons (Fsp3) is 0.167. The molecule has 2 aromatic heterocycles. The molecule has 0 bridgehead atoms. The number of amides is 1. The quantitative estimate of drug-likeness (QED) is 0.411. The van der Waals surface area contributed by atoms with Gasteiger partial charge < -0.3 is 10.0 Å². The summed E-state index contributed by atoms with van der Waals surface area (Å²) in [4.78, 5) is 35.6. The highest BCUT2D eigenvalue weighted by molar-refractivity contribution is 6.46. The number of aliphatic hydroxyl groups is 1. The van der Waals surface area contributed by atoms with Crippen LogP contribution in [-0.4, -0.2) is 31.7 Å². The van der Waals surface area contributed by atoms with Crippen molar-refractivity contribution in [2.75, 3.05) is 0 Å². The van der Waals surface area contributed by atoms with Crippen molar-refractivity contribution in [2.45, 2.75) is 26.4 Å². The van der Waals surface area contributed by atoms with Crippen LogP contribution in [0.3, 0.4) is 0 Å². The Hall–Kier alpha value is -3.80. The van der Waals surface area contributed by atoms with E-state index in [-0.39, 0.29) is 17.9 Å². The fourth-order valence-corrected chi connectivity index (χ4v) is 3.75. The summed E-state index contributed by atoms with van der Waals surface area (Å²) in [6.45, 7) is 4.23. The standard InChI is InChI=1S/C24H21N3O3/c1-15-3-4-16(2)19(13-15)14-27-21(17-5-9-25-10-6-17)20(23(29)24(27)30)22(28)18-7-11-26-12-8-18/h3-13,21,28H,14H2,1-2H3/b22-20+. The monoisotopic (exact) mass is 399 g/mol. The first-order valence-corrected chi connectivity index (χ1v) is 9.62. The van der Waals surface area contributed by atoms with Gasteiger partial charge in [-0.15, -0.1) is 0 Å². The molecule has 1 unspecified atom stereocenters. The lowest BCUT2D eigenvalue weighted by Gasteiger charge is -2.26. The lowest BCUT2D eigenvalue weighted by molar-refractivity contribution is -0.140. The van der Waals surface area contributed by atoms with E-state index in [9.17, 15) is 14.7 Å². The van der Waals surface area contributed by atoms with Crippen LogP contribution in [0.25, 0.3) is 5.76 Å². The van der Waals surface area contributed by atoms with E-state index in [0.29, 0.717) is 11.1 Å². The molecule has 1 aliphatic rings. The molecule has 6 nitrogen and oxygen atoms in total. The Morgan fingerprint density at radius 3 is 2.27 bits per heavy atom. The number of ketones is 1. The molecule has 4 rings (SSSR count). The number of hydrogen-bond donors (Lipinski definition) is 1. The van der Waals surface area contributed by atoms with Gasteiger partial charge in [-0.25, -0.2) is 0 Å².